The van der Waals surface area contributed by atoms with Crippen molar-refractivity contribution >= 4 is 21.6 Å². The van der Waals surface area contributed by atoms with Gasteiger partial charge in [-0.15, -0.1) is 0 Å². The fourth-order valence-corrected chi connectivity index (χ4v) is 3.03. The molecule has 3 rings (SSSR count). The molecule has 0 amide bonds. The van der Waals surface area contributed by atoms with Gasteiger partial charge in [-0.1, -0.05) is 17.4 Å². The van der Waals surface area contributed by atoms with Crippen LogP contribution in [-0.2, 0) is 5.41 Å². The first kappa shape index (κ1) is 10.1. The summed E-state index contributed by atoms with van der Waals surface area (Å²) < 4.78 is 5.97. The fraction of sp³-hybridized carbons (Fsp3) is 0.417. The molecular weight excluding hydrogens is 222 g/mol. The third kappa shape index (κ3) is 1.33. The van der Waals surface area contributed by atoms with Crippen molar-refractivity contribution in [3.05, 3.63) is 33.5 Å². The van der Waals surface area contributed by atoms with Crippen molar-refractivity contribution in [2.45, 2.75) is 31.2 Å². The van der Waals surface area contributed by atoms with Crippen LogP contribution >= 0.6 is 11.3 Å². The number of nitrogens with two attached hydrogens (primary N) is 1. The van der Waals surface area contributed by atoms with Gasteiger partial charge in [0.2, 0.25) is 0 Å². The van der Waals surface area contributed by atoms with Gasteiger partial charge in [-0.3, -0.25) is 0 Å². The highest BCUT2D eigenvalue weighted by atomic mass is 32.1. The Labute approximate surface area is 96.9 Å². The maximum Gasteiger partial charge on any atom is 0.396 e. The minimum absolute atomic E-state index is 0.140. The molecule has 2 N–H and O–H groups in total. The zero-order chi connectivity index (χ0) is 11.3. The first-order chi connectivity index (χ1) is 7.62. The summed E-state index contributed by atoms with van der Waals surface area (Å²) in [6, 6.07) is 6.13. The average Bonchev–Trinajstić information content (AvgIpc) is 2.95. The molecule has 1 aromatic carbocycles. The molecule has 0 aliphatic heterocycles. The Bertz CT molecular complexity index is 592. The van der Waals surface area contributed by atoms with Crippen LogP contribution in [0.1, 0.15) is 25.3 Å². The van der Waals surface area contributed by atoms with E-state index in [1.54, 1.807) is 0 Å². The van der Waals surface area contributed by atoms with E-state index in [0.29, 0.717) is 5.58 Å². The van der Waals surface area contributed by atoms with Crippen molar-refractivity contribution in [2.75, 3.05) is 0 Å². The zero-order valence-electron chi connectivity index (χ0n) is 9.03. The van der Waals surface area contributed by atoms with Crippen LogP contribution in [0.4, 0.5) is 0 Å². The van der Waals surface area contributed by atoms with Crippen LogP contribution in [-0.4, -0.2) is 6.04 Å². The summed E-state index contributed by atoms with van der Waals surface area (Å²) >= 11 is 1.16. The molecule has 1 aliphatic rings. The molecule has 0 radical (unpaired) electrons. The highest BCUT2D eigenvalue weighted by Gasteiger charge is 2.47. The lowest BCUT2D eigenvalue weighted by Gasteiger charge is -2.19. The Morgan fingerprint density at radius 1 is 1.50 bits per heavy atom. The van der Waals surface area contributed by atoms with Gasteiger partial charge < -0.3 is 10.2 Å². The highest BCUT2D eigenvalue weighted by molar-refractivity contribution is 7.16. The summed E-state index contributed by atoms with van der Waals surface area (Å²) in [7, 11) is 0. The van der Waals surface area contributed by atoms with Crippen molar-refractivity contribution in [3.63, 3.8) is 0 Å². The van der Waals surface area contributed by atoms with Gasteiger partial charge in [0, 0.05) is 11.5 Å². The monoisotopic (exact) mass is 235 g/mol. The van der Waals surface area contributed by atoms with E-state index in [-0.39, 0.29) is 16.4 Å². The number of hydrogen-bond donors (Lipinski definition) is 1. The van der Waals surface area contributed by atoms with Crippen LogP contribution in [0.15, 0.2) is 27.4 Å². The molecule has 1 aliphatic carbocycles. The smallest absolute Gasteiger partial charge is 0.396 e. The molecule has 1 aromatic heterocycles. The minimum Gasteiger partial charge on any atom is -0.414 e. The van der Waals surface area contributed by atoms with Crippen molar-refractivity contribution < 1.29 is 4.42 Å². The fourth-order valence-electron chi connectivity index (χ4n) is 2.32. The van der Waals surface area contributed by atoms with Crippen LogP contribution in [0.3, 0.4) is 0 Å². The van der Waals surface area contributed by atoms with Crippen molar-refractivity contribution in [3.8, 4) is 0 Å². The largest absolute Gasteiger partial charge is 0.414 e. The number of fused-ring (bicyclic) bond motifs is 1. The quantitative estimate of drug-likeness (QED) is 0.868. The van der Waals surface area contributed by atoms with E-state index >= 15 is 0 Å². The second-order valence-electron chi connectivity index (χ2n) is 4.56. The van der Waals surface area contributed by atoms with Gasteiger partial charge in [0.25, 0.3) is 0 Å². The van der Waals surface area contributed by atoms with E-state index in [0.717, 1.165) is 28.9 Å². The first-order valence-electron chi connectivity index (χ1n) is 5.42. The van der Waals surface area contributed by atoms with Crippen LogP contribution in [0.5, 0.6) is 0 Å². The van der Waals surface area contributed by atoms with Gasteiger partial charge in [-0.05, 0) is 37.5 Å². The molecule has 0 saturated heterocycles. The second-order valence-corrected chi connectivity index (χ2v) is 5.54. The molecule has 1 saturated carbocycles. The van der Waals surface area contributed by atoms with Crippen LogP contribution in [0, 0.1) is 0 Å². The van der Waals surface area contributed by atoms with Crippen molar-refractivity contribution in [1.29, 1.82) is 0 Å². The van der Waals surface area contributed by atoms with Gasteiger partial charge in [0.15, 0.2) is 0 Å². The summed E-state index contributed by atoms with van der Waals surface area (Å²) in [5, 5.41) is 0. The lowest BCUT2D eigenvalue weighted by atomic mass is 9.89. The Balaban J connectivity index is 2.15. The number of hydrogen-bond acceptors (Lipinski definition) is 4. The number of rotatable bonds is 2. The summed E-state index contributed by atoms with van der Waals surface area (Å²) in [5.41, 5.74) is 8.09. The summed E-state index contributed by atoms with van der Waals surface area (Å²) in [6.45, 7) is 2.05. The van der Waals surface area contributed by atoms with E-state index in [4.69, 9.17) is 10.2 Å². The molecule has 0 bridgehead atoms. The molecule has 4 heteroatoms. The first-order valence-corrected chi connectivity index (χ1v) is 6.23. The van der Waals surface area contributed by atoms with Gasteiger partial charge in [-0.25, -0.2) is 4.79 Å². The van der Waals surface area contributed by atoms with E-state index in [9.17, 15) is 4.79 Å². The maximum absolute atomic E-state index is 11.1. The summed E-state index contributed by atoms with van der Waals surface area (Å²) in [6.07, 6.45) is 2.28. The van der Waals surface area contributed by atoms with Gasteiger partial charge in [0.1, 0.15) is 5.58 Å². The standard InChI is InChI=1S/C12H13NO2S/c1-7(13)12(4-5-12)8-2-3-9-10(6-8)16-11(14)15-9/h2-3,6-7H,4-5,13H2,1H3. The normalized spacial score (nSPS) is 19.9. The molecule has 1 fully saturated rings. The minimum atomic E-state index is -0.238. The van der Waals surface area contributed by atoms with Gasteiger partial charge in [-0.2, -0.15) is 0 Å². The maximum atomic E-state index is 11.1. The van der Waals surface area contributed by atoms with E-state index in [1.807, 2.05) is 12.1 Å². The van der Waals surface area contributed by atoms with Gasteiger partial charge >= 0.3 is 4.94 Å². The predicted molar refractivity (Wildman–Crippen MR) is 64.9 cm³/mol. The molecule has 1 heterocycles. The Morgan fingerprint density at radius 2 is 2.25 bits per heavy atom. The van der Waals surface area contributed by atoms with Crippen LogP contribution < -0.4 is 10.7 Å². The molecule has 0 spiro atoms. The SMILES string of the molecule is CC(N)C1(c2ccc3oc(=O)sc3c2)CC1. The Morgan fingerprint density at radius 3 is 2.88 bits per heavy atom. The summed E-state index contributed by atoms with van der Waals surface area (Å²) in [4.78, 5) is 10.9. The summed E-state index contributed by atoms with van der Waals surface area (Å²) in [5.74, 6) is 0. The topological polar surface area (TPSA) is 56.2 Å². The molecule has 1 unspecified atom stereocenters. The third-order valence-electron chi connectivity index (χ3n) is 3.57. The molecule has 16 heavy (non-hydrogen) atoms. The van der Waals surface area contributed by atoms with Gasteiger partial charge in [0.05, 0.1) is 4.70 Å². The predicted octanol–water partition coefficient (Wildman–Crippen LogP) is 2.23. The molecule has 2 aromatic rings. The lowest BCUT2D eigenvalue weighted by molar-refractivity contribution is 0.556. The van der Waals surface area contributed by atoms with E-state index < -0.39 is 0 Å². The molecule has 1 atom stereocenters. The highest BCUT2D eigenvalue weighted by Crippen LogP contribution is 2.50. The third-order valence-corrected chi connectivity index (χ3v) is 4.35. The molecular formula is C12H13NO2S. The average molecular weight is 235 g/mol. The Hall–Kier alpha value is -1.13. The molecule has 84 valence electrons. The zero-order valence-corrected chi connectivity index (χ0v) is 9.84. The second kappa shape index (κ2) is 3.18. The molecule has 3 nitrogen and oxygen atoms in total. The Kier molecular flexibility index (Phi) is 2.00. The van der Waals surface area contributed by atoms with Crippen molar-refractivity contribution in [1.82, 2.24) is 0 Å². The van der Waals surface area contributed by atoms with Crippen molar-refractivity contribution in [2.24, 2.45) is 5.73 Å². The van der Waals surface area contributed by atoms with Crippen LogP contribution in [0.2, 0.25) is 0 Å². The number of benzene rings is 1. The van der Waals surface area contributed by atoms with Crippen LogP contribution in [0.25, 0.3) is 10.3 Å². The lowest BCUT2D eigenvalue weighted by Crippen LogP contribution is -2.31. The van der Waals surface area contributed by atoms with E-state index in [2.05, 4.69) is 13.0 Å². The van der Waals surface area contributed by atoms with E-state index in [1.165, 1.54) is 5.56 Å².